The largest absolute Gasteiger partial charge is 0.497 e. The van der Waals surface area contributed by atoms with Gasteiger partial charge >= 0.3 is 0 Å². The van der Waals surface area contributed by atoms with Crippen LogP contribution in [0.15, 0.2) is 53.0 Å². The van der Waals surface area contributed by atoms with Crippen molar-refractivity contribution in [2.24, 2.45) is 5.92 Å². The normalized spacial score (nSPS) is 11.7. The van der Waals surface area contributed by atoms with Crippen molar-refractivity contribution in [2.75, 3.05) is 12.4 Å². The van der Waals surface area contributed by atoms with E-state index < -0.39 is 6.04 Å². The van der Waals surface area contributed by atoms with E-state index in [4.69, 9.17) is 4.74 Å². The van der Waals surface area contributed by atoms with Crippen LogP contribution in [0.4, 0.5) is 5.69 Å². The summed E-state index contributed by atoms with van der Waals surface area (Å²) in [6.07, 6.45) is 0. The maximum Gasteiger partial charge on any atom is 0.253 e. The lowest BCUT2D eigenvalue weighted by atomic mass is 10.0. The van der Waals surface area contributed by atoms with Gasteiger partial charge < -0.3 is 15.4 Å². The summed E-state index contributed by atoms with van der Waals surface area (Å²) in [5, 5.41) is 5.64. The first kappa shape index (κ1) is 19.0. The van der Waals surface area contributed by atoms with Crippen LogP contribution in [0, 0.1) is 5.92 Å². The Morgan fingerprint density at radius 2 is 1.68 bits per heavy atom. The Morgan fingerprint density at radius 3 is 2.24 bits per heavy atom. The van der Waals surface area contributed by atoms with Gasteiger partial charge in [0.25, 0.3) is 5.91 Å². The van der Waals surface area contributed by atoms with E-state index in [1.54, 1.807) is 49.6 Å². The van der Waals surface area contributed by atoms with Gasteiger partial charge in [0.05, 0.1) is 12.7 Å². The molecule has 5 nitrogen and oxygen atoms in total. The molecule has 2 aromatic carbocycles. The Balaban J connectivity index is 2.10. The van der Waals surface area contributed by atoms with Gasteiger partial charge in [-0.25, -0.2) is 0 Å². The van der Waals surface area contributed by atoms with Crippen molar-refractivity contribution < 1.29 is 14.3 Å². The summed E-state index contributed by atoms with van der Waals surface area (Å²) in [6.45, 7) is 3.77. The van der Waals surface area contributed by atoms with Crippen LogP contribution >= 0.6 is 15.9 Å². The summed E-state index contributed by atoms with van der Waals surface area (Å²) in [7, 11) is 1.58. The molecule has 2 N–H and O–H groups in total. The molecule has 0 aromatic heterocycles. The Hall–Kier alpha value is -2.34. The van der Waals surface area contributed by atoms with Crippen LogP contribution in [0.25, 0.3) is 0 Å². The molecular formula is C19H21BrN2O3. The number of amides is 2. The first-order valence-electron chi connectivity index (χ1n) is 7.92. The van der Waals surface area contributed by atoms with Gasteiger partial charge in [0.1, 0.15) is 11.8 Å². The first-order chi connectivity index (χ1) is 11.9. The van der Waals surface area contributed by atoms with Crippen molar-refractivity contribution >= 4 is 33.4 Å². The van der Waals surface area contributed by atoms with E-state index in [-0.39, 0.29) is 17.7 Å². The standard InChI is InChI=1S/C19H21BrN2O3/c1-12(2)17(22-18(23)15-6-4-5-7-16(15)20)19(24)21-13-8-10-14(25-3)11-9-13/h4-12,17H,1-3H3,(H,21,24)(H,22,23)/t17-/m0/s1. The number of nitrogens with one attached hydrogen (secondary N) is 2. The highest BCUT2D eigenvalue weighted by molar-refractivity contribution is 9.10. The van der Waals surface area contributed by atoms with E-state index in [1.807, 2.05) is 19.9 Å². The van der Waals surface area contributed by atoms with Crippen LogP contribution in [-0.4, -0.2) is 25.0 Å². The molecule has 25 heavy (non-hydrogen) atoms. The van der Waals surface area contributed by atoms with E-state index in [2.05, 4.69) is 26.6 Å². The van der Waals surface area contributed by atoms with Gasteiger partial charge in [0.15, 0.2) is 0 Å². The first-order valence-corrected chi connectivity index (χ1v) is 8.72. The highest BCUT2D eigenvalue weighted by Gasteiger charge is 2.25. The van der Waals surface area contributed by atoms with Gasteiger partial charge in [-0.3, -0.25) is 9.59 Å². The molecule has 132 valence electrons. The second-order valence-corrected chi connectivity index (χ2v) is 6.75. The van der Waals surface area contributed by atoms with Gasteiger partial charge in [-0.05, 0) is 58.2 Å². The summed E-state index contributed by atoms with van der Waals surface area (Å²) in [6, 6.07) is 13.5. The van der Waals surface area contributed by atoms with Crippen molar-refractivity contribution in [2.45, 2.75) is 19.9 Å². The molecule has 0 fully saturated rings. The van der Waals surface area contributed by atoms with Crippen LogP contribution < -0.4 is 15.4 Å². The second-order valence-electron chi connectivity index (χ2n) is 5.89. The van der Waals surface area contributed by atoms with Gasteiger partial charge in [0, 0.05) is 10.2 Å². The fourth-order valence-electron chi connectivity index (χ4n) is 2.29. The van der Waals surface area contributed by atoms with E-state index in [9.17, 15) is 9.59 Å². The summed E-state index contributed by atoms with van der Waals surface area (Å²) >= 11 is 3.35. The number of hydrogen-bond donors (Lipinski definition) is 2. The number of ether oxygens (including phenoxy) is 1. The predicted molar refractivity (Wildman–Crippen MR) is 102 cm³/mol. The Labute approximate surface area is 155 Å². The fraction of sp³-hybridized carbons (Fsp3) is 0.263. The SMILES string of the molecule is COc1ccc(NC(=O)[C@@H](NC(=O)c2ccccc2Br)C(C)C)cc1. The number of rotatable bonds is 6. The summed E-state index contributed by atoms with van der Waals surface area (Å²) in [4.78, 5) is 25.1. The monoisotopic (exact) mass is 404 g/mol. The molecule has 2 rings (SSSR count). The number of carbonyl (C=O) groups excluding carboxylic acids is 2. The van der Waals surface area contributed by atoms with Crippen molar-refractivity contribution in [3.8, 4) is 5.75 Å². The van der Waals surface area contributed by atoms with Crippen molar-refractivity contribution in [3.05, 3.63) is 58.6 Å². The van der Waals surface area contributed by atoms with Crippen LogP contribution in [-0.2, 0) is 4.79 Å². The highest BCUT2D eigenvalue weighted by atomic mass is 79.9. The Kier molecular flexibility index (Phi) is 6.58. The minimum atomic E-state index is -0.651. The van der Waals surface area contributed by atoms with Gasteiger partial charge in [-0.15, -0.1) is 0 Å². The molecule has 0 radical (unpaired) electrons. The van der Waals surface area contributed by atoms with E-state index in [0.717, 1.165) is 0 Å². The maximum absolute atomic E-state index is 12.6. The zero-order valence-corrected chi connectivity index (χ0v) is 16.0. The fourth-order valence-corrected chi connectivity index (χ4v) is 2.76. The lowest BCUT2D eigenvalue weighted by Gasteiger charge is -2.22. The average molecular weight is 405 g/mol. The zero-order valence-electron chi connectivity index (χ0n) is 14.4. The molecule has 0 saturated heterocycles. The molecule has 0 aliphatic rings. The number of methoxy groups -OCH3 is 1. The molecule has 1 atom stereocenters. The molecule has 0 aliphatic heterocycles. The van der Waals surface area contributed by atoms with E-state index >= 15 is 0 Å². The lowest BCUT2D eigenvalue weighted by molar-refractivity contribution is -0.118. The van der Waals surface area contributed by atoms with Crippen molar-refractivity contribution in [1.29, 1.82) is 0 Å². The molecule has 0 saturated carbocycles. The van der Waals surface area contributed by atoms with Crippen LogP contribution in [0.5, 0.6) is 5.75 Å². The van der Waals surface area contributed by atoms with Crippen LogP contribution in [0.3, 0.4) is 0 Å². The quantitative estimate of drug-likeness (QED) is 0.767. The van der Waals surface area contributed by atoms with Gasteiger partial charge in [0.2, 0.25) is 5.91 Å². The third kappa shape index (κ3) is 5.06. The molecule has 2 aromatic rings. The zero-order chi connectivity index (χ0) is 18.4. The third-order valence-corrected chi connectivity index (χ3v) is 4.40. The Bertz CT molecular complexity index is 745. The molecule has 0 unspecified atom stereocenters. The summed E-state index contributed by atoms with van der Waals surface area (Å²) in [5.74, 6) is 0.0851. The number of carbonyl (C=O) groups is 2. The molecule has 0 bridgehead atoms. The van der Waals surface area contributed by atoms with Gasteiger partial charge in [-0.2, -0.15) is 0 Å². The van der Waals surface area contributed by atoms with Crippen molar-refractivity contribution in [3.63, 3.8) is 0 Å². The van der Waals surface area contributed by atoms with Crippen LogP contribution in [0.2, 0.25) is 0 Å². The minimum absolute atomic E-state index is 0.0651. The average Bonchev–Trinajstić information content (AvgIpc) is 2.60. The molecule has 0 spiro atoms. The lowest BCUT2D eigenvalue weighted by Crippen LogP contribution is -2.47. The molecule has 0 heterocycles. The minimum Gasteiger partial charge on any atom is -0.497 e. The Morgan fingerprint density at radius 1 is 1.04 bits per heavy atom. The topological polar surface area (TPSA) is 67.4 Å². The smallest absolute Gasteiger partial charge is 0.253 e. The van der Waals surface area contributed by atoms with E-state index in [1.165, 1.54) is 0 Å². The highest BCUT2D eigenvalue weighted by Crippen LogP contribution is 2.18. The molecule has 6 heteroatoms. The van der Waals surface area contributed by atoms with E-state index in [0.29, 0.717) is 21.5 Å². The van der Waals surface area contributed by atoms with Crippen molar-refractivity contribution in [1.82, 2.24) is 5.32 Å². The predicted octanol–water partition coefficient (Wildman–Crippen LogP) is 3.85. The number of hydrogen-bond acceptors (Lipinski definition) is 3. The number of anilines is 1. The number of benzene rings is 2. The summed E-state index contributed by atoms with van der Waals surface area (Å²) < 4.78 is 5.78. The third-order valence-electron chi connectivity index (χ3n) is 3.71. The second kappa shape index (κ2) is 8.67. The molecule has 2 amide bonds. The van der Waals surface area contributed by atoms with Gasteiger partial charge in [-0.1, -0.05) is 26.0 Å². The number of halogens is 1. The molecular weight excluding hydrogens is 384 g/mol. The molecule has 0 aliphatic carbocycles. The maximum atomic E-state index is 12.6. The summed E-state index contributed by atoms with van der Waals surface area (Å²) in [5.41, 5.74) is 1.14. The van der Waals surface area contributed by atoms with Crippen LogP contribution in [0.1, 0.15) is 24.2 Å².